The minimum Gasteiger partial charge on any atom is -0.367 e. The van der Waals surface area contributed by atoms with Gasteiger partial charge in [0.2, 0.25) is 5.91 Å². The molecule has 0 spiro atoms. The highest BCUT2D eigenvalue weighted by molar-refractivity contribution is 6.33. The largest absolute Gasteiger partial charge is 0.367 e. The number of halogens is 2. The van der Waals surface area contributed by atoms with Gasteiger partial charge in [-0.1, -0.05) is 42.5 Å². The Morgan fingerprint density at radius 1 is 1.25 bits per heavy atom. The molecule has 1 fully saturated rings. The lowest BCUT2D eigenvalue weighted by Gasteiger charge is -2.34. The molecule has 0 radical (unpaired) electrons. The van der Waals surface area contributed by atoms with Crippen molar-refractivity contribution in [2.45, 2.75) is 51.5 Å². The van der Waals surface area contributed by atoms with E-state index < -0.39 is 0 Å². The number of nitrogens with zero attached hydrogens (tertiary/aromatic N) is 1. The van der Waals surface area contributed by atoms with Gasteiger partial charge in [0.15, 0.2) is 0 Å². The van der Waals surface area contributed by atoms with Gasteiger partial charge in [-0.15, -0.1) is 0 Å². The van der Waals surface area contributed by atoms with E-state index in [4.69, 9.17) is 28.9 Å². The molecule has 1 aromatic carbocycles. The Hall–Kier alpha value is -1.19. The minimum absolute atomic E-state index is 0.0422. The van der Waals surface area contributed by atoms with E-state index >= 15 is 0 Å². The van der Waals surface area contributed by atoms with Crippen molar-refractivity contribution in [3.05, 3.63) is 45.1 Å². The Morgan fingerprint density at radius 3 is 2.62 bits per heavy atom. The molecule has 1 aromatic rings. The summed E-state index contributed by atoms with van der Waals surface area (Å²) in [6, 6.07) is 5.58. The van der Waals surface area contributed by atoms with E-state index in [-0.39, 0.29) is 11.9 Å². The molecule has 0 aromatic heterocycles. The molecule has 1 amide bonds. The first-order valence-corrected chi connectivity index (χ1v) is 9.44. The van der Waals surface area contributed by atoms with Crippen LogP contribution in [0, 0.1) is 5.92 Å². The molecule has 5 heteroatoms. The number of nitrogens with two attached hydrogens (primary N) is 1. The van der Waals surface area contributed by atoms with Gasteiger partial charge in [-0.3, -0.25) is 4.79 Å². The summed E-state index contributed by atoms with van der Waals surface area (Å²) >= 11 is 12.6. The number of allylic oxidation sites excluding steroid dienone is 1. The molecule has 0 bridgehead atoms. The molecule has 1 unspecified atom stereocenters. The SMILES string of the molecule is CC1=C(C(N)=O)CC(c2cc(Cl)ccc2Cl)N1CC1CCCCC1. The van der Waals surface area contributed by atoms with Crippen LogP contribution in [0.15, 0.2) is 29.5 Å². The Balaban J connectivity index is 1.91. The predicted molar refractivity (Wildman–Crippen MR) is 99.0 cm³/mol. The number of carbonyl (C=O) groups is 1. The van der Waals surface area contributed by atoms with Crippen molar-refractivity contribution in [1.82, 2.24) is 4.90 Å². The highest BCUT2D eigenvalue weighted by atomic mass is 35.5. The van der Waals surface area contributed by atoms with Gasteiger partial charge in [0.05, 0.1) is 6.04 Å². The average molecular weight is 367 g/mol. The van der Waals surface area contributed by atoms with Crippen molar-refractivity contribution < 1.29 is 4.79 Å². The predicted octanol–water partition coefficient (Wildman–Crippen LogP) is 5.08. The van der Waals surface area contributed by atoms with Crippen LogP contribution >= 0.6 is 23.2 Å². The van der Waals surface area contributed by atoms with E-state index in [0.717, 1.165) is 17.8 Å². The number of hydrogen-bond donors (Lipinski definition) is 1. The summed E-state index contributed by atoms with van der Waals surface area (Å²) < 4.78 is 0. The van der Waals surface area contributed by atoms with Gasteiger partial charge in [0, 0.05) is 34.3 Å². The number of rotatable bonds is 4. The molecule has 3 nitrogen and oxygen atoms in total. The second-order valence-corrected chi connectivity index (χ2v) is 7.81. The lowest BCUT2D eigenvalue weighted by Crippen LogP contribution is -2.30. The number of primary amides is 1. The molecule has 3 rings (SSSR count). The first kappa shape index (κ1) is 17.6. The molecule has 24 heavy (non-hydrogen) atoms. The van der Waals surface area contributed by atoms with Gasteiger partial charge in [-0.2, -0.15) is 0 Å². The second kappa shape index (κ2) is 7.37. The first-order chi connectivity index (χ1) is 11.5. The van der Waals surface area contributed by atoms with E-state index in [0.29, 0.717) is 28.0 Å². The summed E-state index contributed by atoms with van der Waals surface area (Å²) in [5, 5.41) is 1.36. The molecular weight excluding hydrogens is 343 g/mol. The van der Waals surface area contributed by atoms with Gasteiger partial charge in [-0.25, -0.2) is 0 Å². The quantitative estimate of drug-likeness (QED) is 0.807. The standard InChI is InChI=1S/C19H24Cl2N2O/c1-12-15(19(22)24)10-18(16-9-14(20)7-8-17(16)21)23(12)11-13-5-3-2-4-6-13/h7-9,13,18H,2-6,10-11H2,1H3,(H2,22,24). The molecule has 2 aliphatic rings. The number of hydrogen-bond acceptors (Lipinski definition) is 2. The van der Waals surface area contributed by atoms with Crippen molar-refractivity contribution in [3.8, 4) is 0 Å². The smallest absolute Gasteiger partial charge is 0.246 e. The summed E-state index contributed by atoms with van der Waals surface area (Å²) in [7, 11) is 0. The second-order valence-electron chi connectivity index (χ2n) is 6.97. The highest BCUT2D eigenvalue weighted by Crippen LogP contribution is 2.43. The van der Waals surface area contributed by atoms with Crippen LogP contribution in [0.3, 0.4) is 0 Å². The van der Waals surface area contributed by atoms with E-state index in [9.17, 15) is 4.79 Å². The van der Waals surface area contributed by atoms with E-state index in [1.807, 2.05) is 19.1 Å². The fourth-order valence-electron chi connectivity index (χ4n) is 4.10. The number of amides is 1. The van der Waals surface area contributed by atoms with Crippen LogP contribution in [0.5, 0.6) is 0 Å². The van der Waals surface area contributed by atoms with Crippen molar-refractivity contribution in [2.75, 3.05) is 6.54 Å². The van der Waals surface area contributed by atoms with Crippen LogP contribution in [0.25, 0.3) is 0 Å². The zero-order valence-corrected chi connectivity index (χ0v) is 15.5. The van der Waals surface area contributed by atoms with Crippen molar-refractivity contribution in [2.24, 2.45) is 11.7 Å². The molecule has 0 saturated heterocycles. The number of carbonyl (C=O) groups excluding carboxylic acids is 1. The zero-order valence-electron chi connectivity index (χ0n) is 14.0. The highest BCUT2D eigenvalue weighted by Gasteiger charge is 2.35. The third kappa shape index (κ3) is 3.57. The van der Waals surface area contributed by atoms with Crippen molar-refractivity contribution >= 4 is 29.1 Å². The minimum atomic E-state index is -0.332. The normalized spacial score (nSPS) is 22.3. The molecule has 130 valence electrons. The number of benzene rings is 1. The lowest BCUT2D eigenvalue weighted by atomic mass is 9.88. The molecule has 1 aliphatic carbocycles. The first-order valence-electron chi connectivity index (χ1n) is 8.68. The average Bonchev–Trinajstić information content (AvgIpc) is 2.88. The molecule has 1 aliphatic heterocycles. The van der Waals surface area contributed by atoms with E-state index in [1.165, 1.54) is 32.1 Å². The summed E-state index contributed by atoms with van der Waals surface area (Å²) in [4.78, 5) is 14.2. The Labute approximate surface area is 153 Å². The third-order valence-electron chi connectivity index (χ3n) is 5.44. The fourth-order valence-corrected chi connectivity index (χ4v) is 4.52. The van der Waals surface area contributed by atoms with Gasteiger partial charge >= 0.3 is 0 Å². The Kier molecular flexibility index (Phi) is 5.41. The van der Waals surface area contributed by atoms with E-state index in [2.05, 4.69) is 4.90 Å². The van der Waals surface area contributed by atoms with Crippen molar-refractivity contribution in [1.29, 1.82) is 0 Å². The van der Waals surface area contributed by atoms with Crippen LogP contribution in [-0.2, 0) is 4.79 Å². The zero-order chi connectivity index (χ0) is 17.3. The summed E-state index contributed by atoms with van der Waals surface area (Å²) in [6.45, 7) is 2.96. The van der Waals surface area contributed by atoms with Crippen LogP contribution in [0.1, 0.15) is 57.1 Å². The molecular formula is C19H24Cl2N2O. The summed E-state index contributed by atoms with van der Waals surface area (Å²) in [6.07, 6.45) is 7.05. The topological polar surface area (TPSA) is 46.3 Å². The van der Waals surface area contributed by atoms with Gasteiger partial charge in [0.1, 0.15) is 0 Å². The Morgan fingerprint density at radius 2 is 1.96 bits per heavy atom. The maximum atomic E-state index is 11.9. The molecule has 1 saturated carbocycles. The summed E-state index contributed by atoms with van der Waals surface area (Å²) in [5.41, 5.74) is 8.30. The molecule has 1 heterocycles. The van der Waals surface area contributed by atoms with Crippen LogP contribution in [-0.4, -0.2) is 17.4 Å². The monoisotopic (exact) mass is 366 g/mol. The fraction of sp³-hybridized carbons (Fsp3) is 0.526. The third-order valence-corrected chi connectivity index (χ3v) is 6.01. The lowest BCUT2D eigenvalue weighted by molar-refractivity contribution is -0.114. The van der Waals surface area contributed by atoms with Gasteiger partial charge < -0.3 is 10.6 Å². The maximum absolute atomic E-state index is 11.9. The van der Waals surface area contributed by atoms with Gasteiger partial charge in [-0.05, 0) is 49.4 Å². The van der Waals surface area contributed by atoms with Crippen molar-refractivity contribution in [3.63, 3.8) is 0 Å². The van der Waals surface area contributed by atoms with Crippen LogP contribution < -0.4 is 5.73 Å². The molecule has 1 atom stereocenters. The Bertz CT molecular complexity index is 665. The molecule has 2 N–H and O–H groups in total. The van der Waals surface area contributed by atoms with Crippen LogP contribution in [0.4, 0.5) is 0 Å². The van der Waals surface area contributed by atoms with Crippen LogP contribution in [0.2, 0.25) is 10.0 Å². The summed E-state index contributed by atoms with van der Waals surface area (Å²) in [5.74, 6) is 0.336. The van der Waals surface area contributed by atoms with Gasteiger partial charge in [0.25, 0.3) is 0 Å². The van der Waals surface area contributed by atoms with E-state index in [1.54, 1.807) is 6.07 Å². The maximum Gasteiger partial charge on any atom is 0.246 e.